The number of nitrogens with zero attached hydrogens (tertiary/aromatic N) is 3. The summed E-state index contributed by atoms with van der Waals surface area (Å²) < 4.78 is 3.36. The standard InChI is InChI=1S/C26H32BrN3O/c1-19(2)15-16-29(26(31)20-9-8-10-21(27)17-20)18-25-28-23-13-6-7-14-24(23)30(25)22-11-4-3-5-12-22/h6-10,13-14,17,19,22H,3-5,11-12,15-16,18H2,1-2H3. The first kappa shape index (κ1) is 22.1. The largest absolute Gasteiger partial charge is 0.331 e. The Hall–Kier alpha value is -2.14. The molecule has 0 aliphatic heterocycles. The van der Waals surface area contributed by atoms with E-state index in [2.05, 4.69) is 52.5 Å². The number of hydrogen-bond donors (Lipinski definition) is 0. The van der Waals surface area contributed by atoms with Crippen molar-refractivity contribution in [2.45, 2.75) is 65.0 Å². The van der Waals surface area contributed by atoms with Crippen LogP contribution in [0.5, 0.6) is 0 Å². The van der Waals surface area contributed by atoms with Gasteiger partial charge in [-0.1, -0.05) is 67.2 Å². The Kier molecular flexibility index (Phi) is 7.11. The van der Waals surface area contributed by atoms with Gasteiger partial charge >= 0.3 is 0 Å². The molecule has 4 nitrogen and oxygen atoms in total. The zero-order chi connectivity index (χ0) is 21.8. The van der Waals surface area contributed by atoms with Gasteiger partial charge in [-0.2, -0.15) is 0 Å². The number of fused-ring (bicyclic) bond motifs is 1. The average molecular weight is 482 g/mol. The van der Waals surface area contributed by atoms with E-state index in [1.54, 1.807) is 0 Å². The van der Waals surface area contributed by atoms with Crippen LogP contribution in [-0.2, 0) is 6.54 Å². The van der Waals surface area contributed by atoms with Gasteiger partial charge in [0.25, 0.3) is 5.91 Å². The molecule has 0 spiro atoms. The van der Waals surface area contributed by atoms with Crippen molar-refractivity contribution in [2.24, 2.45) is 5.92 Å². The second-order valence-electron chi connectivity index (χ2n) is 9.10. The van der Waals surface area contributed by atoms with Crippen LogP contribution < -0.4 is 0 Å². The van der Waals surface area contributed by atoms with Crippen LogP contribution in [0.1, 0.15) is 74.6 Å². The quantitative estimate of drug-likeness (QED) is 0.364. The third-order valence-electron chi connectivity index (χ3n) is 6.28. The second-order valence-corrected chi connectivity index (χ2v) is 10.0. The van der Waals surface area contributed by atoms with Crippen LogP contribution in [0.4, 0.5) is 0 Å². The molecule has 5 heteroatoms. The third kappa shape index (κ3) is 5.20. The SMILES string of the molecule is CC(C)CCN(Cc1nc2ccccc2n1C1CCCCC1)C(=O)c1cccc(Br)c1. The molecule has 0 N–H and O–H groups in total. The highest BCUT2D eigenvalue weighted by Crippen LogP contribution is 2.33. The van der Waals surface area contributed by atoms with Crippen molar-refractivity contribution in [3.8, 4) is 0 Å². The summed E-state index contributed by atoms with van der Waals surface area (Å²) >= 11 is 3.51. The Morgan fingerprint density at radius 3 is 2.65 bits per heavy atom. The van der Waals surface area contributed by atoms with Crippen molar-refractivity contribution in [3.05, 3.63) is 64.4 Å². The number of carbonyl (C=O) groups is 1. The molecule has 0 radical (unpaired) electrons. The predicted molar refractivity (Wildman–Crippen MR) is 130 cm³/mol. The first-order valence-corrected chi connectivity index (χ1v) is 12.3. The Balaban J connectivity index is 1.69. The zero-order valence-corrected chi connectivity index (χ0v) is 20.1. The first-order chi connectivity index (χ1) is 15.0. The summed E-state index contributed by atoms with van der Waals surface area (Å²) in [7, 11) is 0. The van der Waals surface area contributed by atoms with Crippen LogP contribution >= 0.6 is 15.9 Å². The second kappa shape index (κ2) is 9.99. The molecule has 0 saturated heterocycles. The van der Waals surface area contributed by atoms with Gasteiger partial charge in [-0.25, -0.2) is 4.98 Å². The smallest absolute Gasteiger partial charge is 0.254 e. The van der Waals surface area contributed by atoms with E-state index in [0.29, 0.717) is 18.5 Å². The van der Waals surface area contributed by atoms with E-state index in [1.165, 1.54) is 37.6 Å². The molecule has 31 heavy (non-hydrogen) atoms. The van der Waals surface area contributed by atoms with Gasteiger partial charge in [0.15, 0.2) is 0 Å². The van der Waals surface area contributed by atoms with Crippen LogP contribution in [0.25, 0.3) is 11.0 Å². The molecule has 1 heterocycles. The number of imidazole rings is 1. The first-order valence-electron chi connectivity index (χ1n) is 11.5. The van der Waals surface area contributed by atoms with E-state index >= 15 is 0 Å². The van der Waals surface area contributed by atoms with Gasteiger partial charge in [0.1, 0.15) is 5.82 Å². The van der Waals surface area contributed by atoms with E-state index in [9.17, 15) is 4.79 Å². The molecule has 1 amide bonds. The van der Waals surface area contributed by atoms with Gasteiger partial charge < -0.3 is 9.47 Å². The maximum atomic E-state index is 13.5. The molecular weight excluding hydrogens is 450 g/mol. The number of amides is 1. The Bertz CT molecular complexity index is 1040. The summed E-state index contributed by atoms with van der Waals surface area (Å²) in [5.41, 5.74) is 2.95. The van der Waals surface area contributed by atoms with Crippen molar-refractivity contribution in [3.63, 3.8) is 0 Å². The molecule has 0 unspecified atom stereocenters. The summed E-state index contributed by atoms with van der Waals surface area (Å²) in [6.45, 7) is 5.69. The maximum absolute atomic E-state index is 13.5. The van der Waals surface area contributed by atoms with Crippen LogP contribution in [0, 0.1) is 5.92 Å². The summed E-state index contributed by atoms with van der Waals surface area (Å²) in [6, 6.07) is 16.6. The van der Waals surface area contributed by atoms with E-state index in [-0.39, 0.29) is 5.91 Å². The van der Waals surface area contributed by atoms with Crippen LogP contribution in [0.2, 0.25) is 0 Å². The topological polar surface area (TPSA) is 38.1 Å². The maximum Gasteiger partial charge on any atom is 0.254 e. The Labute approximate surface area is 193 Å². The number of hydrogen-bond acceptors (Lipinski definition) is 2. The number of benzene rings is 2. The van der Waals surface area contributed by atoms with E-state index in [4.69, 9.17) is 4.98 Å². The monoisotopic (exact) mass is 481 g/mol. The highest BCUT2D eigenvalue weighted by molar-refractivity contribution is 9.10. The highest BCUT2D eigenvalue weighted by Gasteiger charge is 2.24. The van der Waals surface area contributed by atoms with Crippen LogP contribution in [0.15, 0.2) is 53.0 Å². The van der Waals surface area contributed by atoms with Crippen molar-refractivity contribution >= 4 is 32.9 Å². The number of carbonyl (C=O) groups excluding carboxylic acids is 1. The van der Waals surface area contributed by atoms with Gasteiger partial charge in [-0.15, -0.1) is 0 Å². The molecule has 164 valence electrons. The molecule has 0 atom stereocenters. The normalized spacial score (nSPS) is 15.0. The minimum absolute atomic E-state index is 0.0733. The van der Waals surface area contributed by atoms with Crippen molar-refractivity contribution in [1.82, 2.24) is 14.5 Å². The molecular formula is C26H32BrN3O. The fourth-order valence-electron chi connectivity index (χ4n) is 4.59. The zero-order valence-electron chi connectivity index (χ0n) is 18.6. The van der Waals surface area contributed by atoms with Gasteiger partial charge in [0.2, 0.25) is 0 Å². The molecule has 1 aliphatic rings. The summed E-state index contributed by atoms with van der Waals surface area (Å²) in [5, 5.41) is 0. The number of para-hydroxylation sites is 2. The lowest BCUT2D eigenvalue weighted by Crippen LogP contribution is -2.33. The van der Waals surface area contributed by atoms with Gasteiger partial charge in [0, 0.05) is 22.6 Å². The predicted octanol–water partition coefficient (Wildman–Crippen LogP) is 6.99. The van der Waals surface area contributed by atoms with Crippen LogP contribution in [0.3, 0.4) is 0 Å². The fraction of sp³-hybridized carbons (Fsp3) is 0.462. The molecule has 1 aliphatic carbocycles. The van der Waals surface area contributed by atoms with E-state index < -0.39 is 0 Å². The number of halogens is 1. The molecule has 4 rings (SSSR count). The van der Waals surface area contributed by atoms with Crippen molar-refractivity contribution < 1.29 is 4.79 Å². The van der Waals surface area contributed by atoms with Gasteiger partial charge in [0.05, 0.1) is 17.6 Å². The summed E-state index contributed by atoms with van der Waals surface area (Å²) in [6.07, 6.45) is 7.22. The minimum atomic E-state index is 0.0733. The van der Waals surface area contributed by atoms with E-state index in [1.807, 2.05) is 35.2 Å². The molecule has 0 bridgehead atoms. The molecule has 1 aromatic heterocycles. The lowest BCUT2D eigenvalue weighted by atomic mass is 9.95. The molecule has 2 aromatic carbocycles. The van der Waals surface area contributed by atoms with E-state index in [0.717, 1.165) is 34.3 Å². The van der Waals surface area contributed by atoms with Crippen molar-refractivity contribution in [1.29, 1.82) is 0 Å². The number of rotatable bonds is 7. The molecule has 1 fully saturated rings. The van der Waals surface area contributed by atoms with Gasteiger partial charge in [-0.05, 0) is 55.5 Å². The fourth-order valence-corrected chi connectivity index (χ4v) is 4.99. The van der Waals surface area contributed by atoms with Gasteiger partial charge in [-0.3, -0.25) is 4.79 Å². The highest BCUT2D eigenvalue weighted by atomic mass is 79.9. The van der Waals surface area contributed by atoms with Crippen molar-refractivity contribution in [2.75, 3.05) is 6.54 Å². The lowest BCUT2D eigenvalue weighted by molar-refractivity contribution is 0.0727. The Morgan fingerprint density at radius 2 is 1.90 bits per heavy atom. The number of aromatic nitrogens is 2. The Morgan fingerprint density at radius 1 is 1.13 bits per heavy atom. The molecule has 3 aromatic rings. The van der Waals surface area contributed by atoms with Crippen LogP contribution in [-0.4, -0.2) is 26.9 Å². The minimum Gasteiger partial charge on any atom is -0.331 e. The summed E-state index contributed by atoms with van der Waals surface area (Å²) in [4.78, 5) is 20.5. The molecule has 1 saturated carbocycles. The average Bonchev–Trinajstić information content (AvgIpc) is 3.14. The lowest BCUT2D eigenvalue weighted by Gasteiger charge is -2.28. The third-order valence-corrected chi connectivity index (χ3v) is 6.77. The summed E-state index contributed by atoms with van der Waals surface area (Å²) in [5.74, 6) is 1.62.